The molecule has 1 aliphatic carbocycles. The van der Waals surface area contributed by atoms with Crippen LogP contribution in [0.3, 0.4) is 0 Å². The maximum absolute atomic E-state index is 10.2. The Kier molecular flexibility index (Phi) is 11.8. The first-order chi connectivity index (χ1) is 11.8. The van der Waals surface area contributed by atoms with Gasteiger partial charge in [-0.15, -0.1) is 24.0 Å². The van der Waals surface area contributed by atoms with Gasteiger partial charge in [0.25, 0.3) is 0 Å². The zero-order chi connectivity index (χ0) is 17.0. The molecule has 1 fully saturated rings. The highest BCUT2D eigenvalue weighted by Gasteiger charge is 2.13. The van der Waals surface area contributed by atoms with Crippen LogP contribution < -0.4 is 10.6 Å². The van der Waals surface area contributed by atoms with Crippen LogP contribution in [0.25, 0.3) is 0 Å². The molecule has 0 amide bonds. The Morgan fingerprint density at radius 2 is 1.96 bits per heavy atom. The number of unbranched alkanes of at least 4 members (excludes halogenated alkanes) is 1. The van der Waals surface area contributed by atoms with Crippen LogP contribution in [0.5, 0.6) is 0 Å². The summed E-state index contributed by atoms with van der Waals surface area (Å²) in [5, 5.41) is 16.8. The highest BCUT2D eigenvalue weighted by Crippen LogP contribution is 2.28. The molecular weight excluding hydrogens is 427 g/mol. The Hall–Kier alpha value is -0.890. The number of nitrogens with one attached hydrogen (secondary N) is 2. The molecule has 2 rings (SSSR count). The molecule has 3 N–H and O–H groups in total. The summed E-state index contributed by atoms with van der Waals surface area (Å²) in [4.78, 5) is 8.46. The second kappa shape index (κ2) is 13.3. The van der Waals surface area contributed by atoms with Gasteiger partial charge < -0.3 is 15.7 Å². The van der Waals surface area contributed by atoms with E-state index in [0.717, 1.165) is 30.5 Å². The zero-order valence-corrected chi connectivity index (χ0v) is 17.6. The van der Waals surface area contributed by atoms with E-state index in [2.05, 4.69) is 27.5 Å². The average Bonchev–Trinajstić information content (AvgIpc) is 3.13. The topological polar surface area (TPSA) is 69.5 Å². The number of halogens is 1. The van der Waals surface area contributed by atoms with Crippen molar-refractivity contribution in [2.75, 3.05) is 19.6 Å². The Morgan fingerprint density at radius 3 is 2.64 bits per heavy atom. The molecule has 0 spiro atoms. The fourth-order valence-corrected chi connectivity index (χ4v) is 3.27. The van der Waals surface area contributed by atoms with Crippen molar-refractivity contribution >= 4 is 29.9 Å². The molecule has 142 valence electrons. The summed E-state index contributed by atoms with van der Waals surface area (Å²) < 4.78 is 0. The van der Waals surface area contributed by atoms with Crippen molar-refractivity contribution in [1.82, 2.24) is 15.6 Å². The SMILES string of the molecule is CCNC(=NCC(O)c1ccncc1)NCCCCC1CCCC1.I. The van der Waals surface area contributed by atoms with Gasteiger partial charge in [0.05, 0.1) is 12.6 Å². The highest BCUT2D eigenvalue weighted by molar-refractivity contribution is 14.0. The van der Waals surface area contributed by atoms with E-state index in [0.29, 0.717) is 6.54 Å². The summed E-state index contributed by atoms with van der Waals surface area (Å²) in [7, 11) is 0. The van der Waals surface area contributed by atoms with Gasteiger partial charge in [0.1, 0.15) is 0 Å². The quantitative estimate of drug-likeness (QED) is 0.228. The van der Waals surface area contributed by atoms with E-state index in [-0.39, 0.29) is 24.0 Å². The van der Waals surface area contributed by atoms with Crippen molar-refractivity contribution in [1.29, 1.82) is 0 Å². The number of aliphatic hydroxyl groups excluding tert-OH is 1. The van der Waals surface area contributed by atoms with Crippen LogP contribution in [0.4, 0.5) is 0 Å². The number of guanidine groups is 1. The molecular formula is C19H33IN4O. The third-order valence-electron chi connectivity index (χ3n) is 4.66. The largest absolute Gasteiger partial charge is 0.386 e. The van der Waals surface area contributed by atoms with Crippen molar-refractivity contribution in [3.8, 4) is 0 Å². The van der Waals surface area contributed by atoms with Crippen LogP contribution >= 0.6 is 24.0 Å². The van der Waals surface area contributed by atoms with Crippen LogP contribution in [0.1, 0.15) is 63.5 Å². The third-order valence-corrected chi connectivity index (χ3v) is 4.66. The number of aliphatic imine (C=N–C) groups is 1. The fraction of sp³-hybridized carbons (Fsp3) is 0.684. The van der Waals surface area contributed by atoms with E-state index in [9.17, 15) is 5.11 Å². The van der Waals surface area contributed by atoms with Gasteiger partial charge in [0, 0.05) is 25.5 Å². The van der Waals surface area contributed by atoms with Gasteiger partial charge in [-0.25, -0.2) is 0 Å². The number of hydrogen-bond acceptors (Lipinski definition) is 3. The van der Waals surface area contributed by atoms with E-state index >= 15 is 0 Å². The maximum Gasteiger partial charge on any atom is 0.191 e. The minimum Gasteiger partial charge on any atom is -0.386 e. The Labute approximate surface area is 169 Å². The van der Waals surface area contributed by atoms with Crippen LogP contribution in [0.15, 0.2) is 29.5 Å². The lowest BCUT2D eigenvalue weighted by Crippen LogP contribution is -2.38. The van der Waals surface area contributed by atoms with E-state index in [1.165, 1.54) is 44.9 Å². The zero-order valence-electron chi connectivity index (χ0n) is 15.3. The number of aliphatic hydroxyl groups is 1. The van der Waals surface area contributed by atoms with Gasteiger partial charge in [-0.1, -0.05) is 38.5 Å². The maximum atomic E-state index is 10.2. The van der Waals surface area contributed by atoms with E-state index < -0.39 is 6.10 Å². The third kappa shape index (κ3) is 8.85. The molecule has 1 heterocycles. The van der Waals surface area contributed by atoms with Crippen molar-refractivity contribution in [3.63, 3.8) is 0 Å². The normalized spacial score (nSPS) is 16.3. The molecule has 1 aromatic heterocycles. The first-order valence-electron chi connectivity index (χ1n) is 9.39. The van der Waals surface area contributed by atoms with Crippen LogP contribution in [0, 0.1) is 5.92 Å². The predicted molar refractivity (Wildman–Crippen MR) is 114 cm³/mol. The number of nitrogens with zero attached hydrogens (tertiary/aromatic N) is 2. The van der Waals surface area contributed by atoms with Crippen LogP contribution in [-0.4, -0.2) is 35.7 Å². The predicted octanol–water partition coefficient (Wildman–Crippen LogP) is 3.65. The molecule has 0 radical (unpaired) electrons. The number of hydrogen-bond donors (Lipinski definition) is 3. The summed E-state index contributed by atoms with van der Waals surface area (Å²) in [6, 6.07) is 3.65. The molecule has 1 saturated carbocycles. The van der Waals surface area contributed by atoms with Crippen LogP contribution in [0.2, 0.25) is 0 Å². The van der Waals surface area contributed by atoms with Crippen molar-refractivity contribution in [3.05, 3.63) is 30.1 Å². The Morgan fingerprint density at radius 1 is 1.24 bits per heavy atom. The van der Waals surface area contributed by atoms with Gasteiger partial charge in [-0.2, -0.15) is 0 Å². The van der Waals surface area contributed by atoms with Crippen molar-refractivity contribution in [2.45, 2.75) is 58.0 Å². The summed E-state index contributed by atoms with van der Waals surface area (Å²) in [5.74, 6) is 1.76. The van der Waals surface area contributed by atoms with Gasteiger partial charge in [0.2, 0.25) is 0 Å². The standard InChI is InChI=1S/C19H32N4O.HI/c1-2-21-19(22-12-6-5-9-16-7-3-4-8-16)23-15-18(24)17-10-13-20-14-11-17;/h10-11,13-14,16,18,24H,2-9,12,15H2,1H3,(H2,21,22,23);1H. The lowest BCUT2D eigenvalue weighted by atomic mass is 10.0. The highest BCUT2D eigenvalue weighted by atomic mass is 127. The van der Waals surface area contributed by atoms with Crippen molar-refractivity contribution in [2.24, 2.45) is 10.9 Å². The van der Waals surface area contributed by atoms with Gasteiger partial charge >= 0.3 is 0 Å². The van der Waals surface area contributed by atoms with E-state index in [1.54, 1.807) is 12.4 Å². The smallest absolute Gasteiger partial charge is 0.191 e. The van der Waals surface area contributed by atoms with Crippen LogP contribution in [-0.2, 0) is 0 Å². The van der Waals surface area contributed by atoms with E-state index in [4.69, 9.17) is 0 Å². The van der Waals surface area contributed by atoms with E-state index in [1.807, 2.05) is 12.1 Å². The molecule has 0 bridgehead atoms. The molecule has 0 aliphatic heterocycles. The van der Waals surface area contributed by atoms with Gasteiger partial charge in [0.15, 0.2) is 5.96 Å². The summed E-state index contributed by atoms with van der Waals surface area (Å²) in [5.41, 5.74) is 0.848. The van der Waals surface area contributed by atoms with Crippen molar-refractivity contribution < 1.29 is 5.11 Å². The molecule has 1 unspecified atom stereocenters. The number of pyridine rings is 1. The Balaban J connectivity index is 0.00000312. The number of rotatable bonds is 9. The first kappa shape index (κ1) is 22.2. The fourth-order valence-electron chi connectivity index (χ4n) is 3.27. The molecule has 5 nitrogen and oxygen atoms in total. The lowest BCUT2D eigenvalue weighted by Gasteiger charge is -2.14. The average molecular weight is 460 g/mol. The molecule has 1 atom stereocenters. The van der Waals surface area contributed by atoms with Gasteiger partial charge in [-0.05, 0) is 37.0 Å². The molecule has 1 aliphatic rings. The minimum atomic E-state index is -0.592. The summed E-state index contributed by atoms with van der Waals surface area (Å²) >= 11 is 0. The lowest BCUT2D eigenvalue weighted by molar-refractivity contribution is 0.187. The summed E-state index contributed by atoms with van der Waals surface area (Å²) in [6.07, 6.45) is 12.4. The van der Waals surface area contributed by atoms with Gasteiger partial charge in [-0.3, -0.25) is 9.98 Å². The minimum absolute atomic E-state index is 0. The Bertz CT molecular complexity index is 478. The summed E-state index contributed by atoms with van der Waals surface area (Å²) in [6.45, 7) is 4.15. The molecule has 25 heavy (non-hydrogen) atoms. The molecule has 0 saturated heterocycles. The second-order valence-electron chi connectivity index (χ2n) is 6.59. The molecule has 6 heteroatoms. The first-order valence-corrected chi connectivity index (χ1v) is 9.39. The number of aromatic nitrogens is 1. The molecule has 0 aromatic carbocycles. The molecule has 1 aromatic rings. The second-order valence-corrected chi connectivity index (χ2v) is 6.59. The monoisotopic (exact) mass is 460 g/mol.